The van der Waals surface area contributed by atoms with Crippen LogP contribution in [0, 0.1) is 6.92 Å². The summed E-state index contributed by atoms with van der Waals surface area (Å²) < 4.78 is 0. The molecule has 0 fully saturated rings. The van der Waals surface area contributed by atoms with Crippen molar-refractivity contribution in [2.75, 3.05) is 0 Å². The highest BCUT2D eigenvalue weighted by atomic mass is 35.5. The van der Waals surface area contributed by atoms with Crippen LogP contribution in [-0.2, 0) is 0 Å². The van der Waals surface area contributed by atoms with Crippen molar-refractivity contribution in [2.24, 2.45) is 0 Å². The second kappa shape index (κ2) is 3.62. The van der Waals surface area contributed by atoms with Crippen molar-refractivity contribution < 1.29 is 0 Å². The van der Waals surface area contributed by atoms with Gasteiger partial charge in [0.15, 0.2) is 0 Å². The quantitative estimate of drug-likeness (QED) is 0.603. The van der Waals surface area contributed by atoms with E-state index in [1.807, 2.05) is 6.92 Å². The van der Waals surface area contributed by atoms with E-state index < -0.39 is 0 Å². The smallest absolute Gasteiger partial charge is 0.0557 e. The van der Waals surface area contributed by atoms with Gasteiger partial charge in [0.25, 0.3) is 0 Å². The average Bonchev–Trinajstić information content (AvgIpc) is 2.16. The number of aryl methyl sites for hydroxylation is 1. The number of alkyl halides is 1. The molecule has 0 aromatic heterocycles. The summed E-state index contributed by atoms with van der Waals surface area (Å²) in [7, 11) is 0. The van der Waals surface area contributed by atoms with Crippen molar-refractivity contribution in [3.05, 3.63) is 47.5 Å². The highest BCUT2D eigenvalue weighted by Gasteiger charge is 2.01. The van der Waals surface area contributed by atoms with E-state index in [1.54, 1.807) is 0 Å². The van der Waals surface area contributed by atoms with Crippen LogP contribution in [0.1, 0.15) is 23.4 Å². The Labute approximate surface area is 89.5 Å². The molecule has 0 radical (unpaired) electrons. The maximum atomic E-state index is 6.03. The first kappa shape index (κ1) is 9.54. The second-order valence-electron chi connectivity index (χ2n) is 3.73. The highest BCUT2D eigenvalue weighted by molar-refractivity contribution is 6.20. The van der Waals surface area contributed by atoms with E-state index >= 15 is 0 Å². The Bertz CT molecular complexity index is 458. The minimum Gasteiger partial charge on any atom is -0.118 e. The van der Waals surface area contributed by atoms with Gasteiger partial charge in [-0.05, 0) is 36.2 Å². The first-order chi connectivity index (χ1) is 6.66. The molecule has 1 atom stereocenters. The predicted molar refractivity (Wildman–Crippen MR) is 63.0 cm³/mol. The normalized spacial score (nSPS) is 13.1. The Hall–Kier alpha value is -1.01. The van der Waals surface area contributed by atoms with Crippen molar-refractivity contribution in [3.8, 4) is 0 Å². The topological polar surface area (TPSA) is 0 Å². The van der Waals surface area contributed by atoms with Crippen LogP contribution >= 0.6 is 11.6 Å². The molecule has 0 amide bonds. The molecule has 0 heterocycles. The molecular formula is C13H13Cl. The van der Waals surface area contributed by atoms with Gasteiger partial charge in [-0.25, -0.2) is 0 Å². The molecule has 0 aliphatic rings. The summed E-state index contributed by atoms with van der Waals surface area (Å²) in [4.78, 5) is 0. The van der Waals surface area contributed by atoms with Crippen LogP contribution in [0.4, 0.5) is 0 Å². The lowest BCUT2D eigenvalue weighted by Crippen LogP contribution is -1.84. The van der Waals surface area contributed by atoms with Gasteiger partial charge in [0.05, 0.1) is 5.38 Å². The molecule has 1 heteroatoms. The molecule has 2 aromatic rings. The lowest BCUT2D eigenvalue weighted by molar-refractivity contribution is 1.09. The van der Waals surface area contributed by atoms with Crippen molar-refractivity contribution in [1.82, 2.24) is 0 Å². The molecule has 0 aliphatic carbocycles. The third kappa shape index (κ3) is 1.76. The number of halogens is 1. The summed E-state index contributed by atoms with van der Waals surface area (Å²) in [6, 6.07) is 12.9. The summed E-state index contributed by atoms with van der Waals surface area (Å²) in [6.45, 7) is 4.11. The summed E-state index contributed by atoms with van der Waals surface area (Å²) >= 11 is 6.03. The van der Waals surface area contributed by atoms with Crippen molar-refractivity contribution >= 4 is 22.4 Å². The summed E-state index contributed by atoms with van der Waals surface area (Å²) in [6.07, 6.45) is 0. The highest BCUT2D eigenvalue weighted by Crippen LogP contribution is 2.24. The molecule has 0 saturated heterocycles. The molecule has 2 aromatic carbocycles. The standard InChI is InChI=1S/C13H13Cl/c1-9-3-4-13-8-11(10(2)14)5-6-12(13)7-9/h3-8,10H,1-2H3. The van der Waals surface area contributed by atoms with E-state index in [1.165, 1.54) is 21.9 Å². The monoisotopic (exact) mass is 204 g/mol. The summed E-state index contributed by atoms with van der Waals surface area (Å²) in [5.74, 6) is 0. The van der Waals surface area contributed by atoms with E-state index in [0.717, 1.165) is 0 Å². The summed E-state index contributed by atoms with van der Waals surface area (Å²) in [5, 5.41) is 2.63. The largest absolute Gasteiger partial charge is 0.118 e. The van der Waals surface area contributed by atoms with Gasteiger partial charge < -0.3 is 0 Å². The van der Waals surface area contributed by atoms with Gasteiger partial charge in [0.2, 0.25) is 0 Å². The van der Waals surface area contributed by atoms with E-state index in [2.05, 4.69) is 43.3 Å². The van der Waals surface area contributed by atoms with Gasteiger partial charge in [0, 0.05) is 0 Å². The molecule has 0 bridgehead atoms. The molecule has 0 nitrogen and oxygen atoms in total. The second-order valence-corrected chi connectivity index (χ2v) is 4.38. The Balaban J connectivity index is 2.62. The van der Waals surface area contributed by atoms with Gasteiger partial charge >= 0.3 is 0 Å². The van der Waals surface area contributed by atoms with Crippen LogP contribution < -0.4 is 0 Å². The fraction of sp³-hybridized carbons (Fsp3) is 0.231. The predicted octanol–water partition coefficient (Wildman–Crippen LogP) is 4.45. The minimum atomic E-state index is 0.0840. The zero-order valence-corrected chi connectivity index (χ0v) is 9.18. The third-order valence-electron chi connectivity index (χ3n) is 2.48. The van der Waals surface area contributed by atoms with Crippen molar-refractivity contribution in [1.29, 1.82) is 0 Å². The first-order valence-corrected chi connectivity index (χ1v) is 5.25. The number of hydrogen-bond donors (Lipinski definition) is 0. The summed E-state index contributed by atoms with van der Waals surface area (Å²) in [5.41, 5.74) is 2.48. The molecule has 0 saturated carbocycles. The van der Waals surface area contributed by atoms with Gasteiger partial charge in [-0.3, -0.25) is 0 Å². The number of fused-ring (bicyclic) bond motifs is 1. The fourth-order valence-electron chi connectivity index (χ4n) is 1.63. The van der Waals surface area contributed by atoms with Gasteiger partial charge in [-0.1, -0.05) is 35.9 Å². The maximum absolute atomic E-state index is 6.03. The van der Waals surface area contributed by atoms with Crippen LogP contribution in [0.25, 0.3) is 10.8 Å². The van der Waals surface area contributed by atoms with Crippen molar-refractivity contribution in [3.63, 3.8) is 0 Å². The Morgan fingerprint density at radius 3 is 2.36 bits per heavy atom. The number of hydrogen-bond acceptors (Lipinski definition) is 0. The zero-order chi connectivity index (χ0) is 10.1. The molecule has 0 aliphatic heterocycles. The molecule has 0 N–H and O–H groups in total. The van der Waals surface area contributed by atoms with Crippen LogP contribution in [0.3, 0.4) is 0 Å². The van der Waals surface area contributed by atoms with E-state index in [-0.39, 0.29) is 5.38 Å². The minimum absolute atomic E-state index is 0.0840. The van der Waals surface area contributed by atoms with Gasteiger partial charge in [-0.15, -0.1) is 11.6 Å². The molecular weight excluding hydrogens is 192 g/mol. The van der Waals surface area contributed by atoms with Gasteiger partial charge in [0.1, 0.15) is 0 Å². The molecule has 14 heavy (non-hydrogen) atoms. The van der Waals surface area contributed by atoms with Crippen LogP contribution in [-0.4, -0.2) is 0 Å². The number of rotatable bonds is 1. The molecule has 2 rings (SSSR count). The Kier molecular flexibility index (Phi) is 2.47. The van der Waals surface area contributed by atoms with Gasteiger partial charge in [-0.2, -0.15) is 0 Å². The van der Waals surface area contributed by atoms with E-state index in [0.29, 0.717) is 0 Å². The van der Waals surface area contributed by atoms with E-state index in [9.17, 15) is 0 Å². The lowest BCUT2D eigenvalue weighted by Gasteiger charge is -2.05. The maximum Gasteiger partial charge on any atom is 0.0557 e. The molecule has 1 unspecified atom stereocenters. The molecule has 0 spiro atoms. The third-order valence-corrected chi connectivity index (χ3v) is 2.73. The Morgan fingerprint density at radius 2 is 1.64 bits per heavy atom. The molecule has 72 valence electrons. The Morgan fingerprint density at radius 1 is 1.00 bits per heavy atom. The van der Waals surface area contributed by atoms with Crippen LogP contribution in [0.5, 0.6) is 0 Å². The van der Waals surface area contributed by atoms with E-state index in [4.69, 9.17) is 11.6 Å². The average molecular weight is 205 g/mol. The first-order valence-electron chi connectivity index (χ1n) is 4.81. The SMILES string of the molecule is Cc1ccc2cc(C(C)Cl)ccc2c1. The lowest BCUT2D eigenvalue weighted by atomic mass is 10.0. The zero-order valence-electron chi connectivity index (χ0n) is 8.42. The number of benzene rings is 2. The van der Waals surface area contributed by atoms with Crippen LogP contribution in [0.15, 0.2) is 36.4 Å². The fourth-order valence-corrected chi connectivity index (χ4v) is 1.77. The van der Waals surface area contributed by atoms with Crippen molar-refractivity contribution in [2.45, 2.75) is 19.2 Å². The van der Waals surface area contributed by atoms with Crippen LogP contribution in [0.2, 0.25) is 0 Å².